The molecule has 26 aromatic carbocycles. The first-order chi connectivity index (χ1) is 46.7. The van der Waals surface area contributed by atoms with E-state index in [1.165, 1.54) is 22.3 Å². The highest BCUT2D eigenvalue weighted by Gasteiger charge is 2.77. The van der Waals surface area contributed by atoms with Crippen molar-refractivity contribution >= 4 is 271 Å². The van der Waals surface area contributed by atoms with E-state index >= 15 is 0 Å². The lowest BCUT2D eigenvalue weighted by molar-refractivity contribution is -0.155. The average Bonchev–Trinajstić information content (AvgIpc) is 1.37. The molecule has 0 aromatic heterocycles. The number of carbonyl (C=O) groups is 2. The van der Waals surface area contributed by atoms with E-state index in [1.54, 1.807) is 303 Å². The molecule has 2 aliphatic heterocycles. The Morgan fingerprint density at radius 2 is 0.611 bits per heavy atom. The van der Waals surface area contributed by atoms with Crippen LogP contribution in [-0.4, -0.2) is 79.9 Å². The van der Waals surface area contributed by atoms with Crippen molar-refractivity contribution < 1.29 is 19.1 Å². The Balaban J connectivity index is 0.741. The van der Waals surface area contributed by atoms with Gasteiger partial charge in [-0.1, -0.05) is 48.5 Å². The third-order valence-electron chi connectivity index (χ3n) is 31.8. The van der Waals surface area contributed by atoms with E-state index in [9.17, 15) is 9.59 Å². The summed E-state index contributed by atoms with van der Waals surface area (Å²) in [6, 6.07) is 17.3. The van der Waals surface area contributed by atoms with Gasteiger partial charge in [-0.2, -0.15) is 0 Å². The largest absolute Gasteiger partial charge is 0.460 e. The number of hydrogen-bond acceptors (Lipinski definition) is 6. The summed E-state index contributed by atoms with van der Waals surface area (Å²) in [5, 5.41) is 81.2. The first kappa shape index (κ1) is 41.5. The summed E-state index contributed by atoms with van der Waals surface area (Å²) in [7, 11) is 0. The molecule has 4 spiro atoms. The first-order valence-corrected chi connectivity index (χ1v) is 35.5. The number of carbonyl (C=O) groups excluding carboxylic acids is 2. The van der Waals surface area contributed by atoms with Crippen LogP contribution in [0.3, 0.4) is 0 Å². The van der Waals surface area contributed by atoms with Gasteiger partial charge in [0, 0.05) is 51.7 Å². The second-order valence-corrected chi connectivity index (χ2v) is 34.6. The zero-order chi connectivity index (χ0) is 59.2. The van der Waals surface area contributed by atoms with Crippen LogP contribution in [0.25, 0.3) is 270 Å². The Morgan fingerprint density at radius 3 is 0.895 bits per heavy atom. The second-order valence-electron chi connectivity index (χ2n) is 34.6. The van der Waals surface area contributed by atoms with Crippen molar-refractivity contribution in [3.8, 4) is 11.1 Å². The predicted molar refractivity (Wildman–Crippen MR) is 383 cm³/mol. The molecule has 2 saturated heterocycles. The molecule has 0 saturated carbocycles. The fraction of sp³-hybridized carbons (Fsp3) is 0.205. The molecule has 428 valence electrons. The van der Waals surface area contributed by atoms with E-state index in [0.29, 0.717) is 26.1 Å². The number of nitrogens with one attached hydrogen (secondary N) is 1. The molecule has 2 fully saturated rings. The molecule has 26 aromatic rings. The van der Waals surface area contributed by atoms with E-state index in [0.717, 1.165) is 32.7 Å². The third kappa shape index (κ3) is 2.76. The maximum Gasteiger partial charge on any atom is 0.407 e. The highest BCUT2D eigenvalue weighted by atomic mass is 16.6. The van der Waals surface area contributed by atoms with Gasteiger partial charge >= 0.3 is 12.1 Å². The molecule has 7 heteroatoms. The predicted octanol–water partition coefficient (Wildman–Crippen LogP) is 18.8. The zero-order valence-corrected chi connectivity index (χ0v) is 51.1. The Kier molecular flexibility index (Phi) is 4.56. The first-order valence-electron chi connectivity index (χ1n) is 35.5. The van der Waals surface area contributed by atoms with Crippen molar-refractivity contribution in [2.75, 3.05) is 52.4 Å². The summed E-state index contributed by atoms with van der Waals surface area (Å²) in [5.41, 5.74) is 16.5. The van der Waals surface area contributed by atoms with Crippen molar-refractivity contribution in [3.05, 3.63) is 104 Å². The van der Waals surface area contributed by atoms with Crippen LogP contribution in [0.4, 0.5) is 4.79 Å². The lowest BCUT2D eigenvalue weighted by Crippen LogP contribution is -2.51. The van der Waals surface area contributed by atoms with E-state index < -0.39 is 5.60 Å². The molecule has 4 atom stereocenters. The maximum absolute atomic E-state index is 14.4. The Bertz CT molecular complexity index is 8590. The lowest BCUT2D eigenvalue weighted by Gasteiger charge is -2.49. The SMILES string of the molecule is CC(C)(C)OC(=O)CCN1CC23c4c5c6c7c8c9c%10c%11c%12c%13c%14c%15c(c6c6c4c4c%16c%17c%18c(c%19c%20c2c5c8c2c%20c5c%19c8c%18c%18c%19c%17c%17c4c6c%15c4c%14c6c%12c%12c%14c%11c(c92)c5c%14c8c%18c%12c6c%19c4%17)C%163C1)C71CN(CCNC(=O)OCC2c3ccccc3-c3ccccc32)CC%10%131. The van der Waals surface area contributed by atoms with Gasteiger partial charge < -0.3 is 19.7 Å². The zero-order valence-electron chi connectivity index (χ0n) is 51.1. The van der Waals surface area contributed by atoms with E-state index in [4.69, 9.17) is 9.47 Å². The van der Waals surface area contributed by atoms with Gasteiger partial charge in [-0.25, -0.2) is 4.79 Å². The third-order valence-corrected chi connectivity index (χ3v) is 31.8. The number of benzene rings is 18. The van der Waals surface area contributed by atoms with Gasteiger partial charge in [0.25, 0.3) is 0 Å². The average molecular weight is 1200 g/mol. The summed E-state index contributed by atoms with van der Waals surface area (Å²) < 4.78 is 12.6. The van der Waals surface area contributed by atoms with Gasteiger partial charge in [0.15, 0.2) is 0 Å². The quantitative estimate of drug-likeness (QED) is 0.121. The summed E-state index contributed by atoms with van der Waals surface area (Å²) in [6.45, 7) is 12.0. The Labute approximate surface area is 529 Å². The molecular weight excluding hydrogens is 1160 g/mol. The number of rotatable bonds is 8. The molecule has 1 amide bonds. The molecule has 9 aliphatic carbocycles. The van der Waals surface area contributed by atoms with Gasteiger partial charge in [-0.05, 0) is 346 Å². The van der Waals surface area contributed by atoms with Crippen LogP contribution in [0.2, 0.25) is 0 Å². The van der Waals surface area contributed by atoms with Gasteiger partial charge in [0.05, 0.1) is 28.1 Å². The molecule has 4 unspecified atom stereocenters. The standard InChI is InChI=1S/C88H37N3O4/c1-84(2,3)95-26(92)12-14-90-17-85-75-59-47-35-27-28-32-29-33-41-49(37(29)35)61(59)77(85)67-55(41)46-54-44(33)52-40(32)48-36(28)38-30-31(27)39(47)51-43-34(30)42-50(38)62-60(48)76-64(52)66(54)80-72-57(46)69(67)81-73-71-58-45(53(43)65(63(51)75)79(71)86(81,85)18-90)56(42)68-70(58)82(74(72)73)88(80)20-91(19-87(76,88)78(62)68)15-13-89-83(93)94-16-25-23-10-6-4-8-21(23)22-9-5-7-11-24(22)25/h4-11,25H,12-20H2,1-3H3,(H,89,93). The molecule has 0 radical (unpaired) electrons. The summed E-state index contributed by atoms with van der Waals surface area (Å²) >= 11 is 0. The van der Waals surface area contributed by atoms with Gasteiger partial charge in [0.1, 0.15) is 12.2 Å². The summed E-state index contributed by atoms with van der Waals surface area (Å²) in [5.74, 6) is -0.0815. The highest BCUT2D eigenvalue weighted by molar-refractivity contribution is 6.78. The number of esters is 1. The molecule has 37 rings (SSSR count). The van der Waals surface area contributed by atoms with Crippen LogP contribution in [0, 0.1) is 0 Å². The topological polar surface area (TPSA) is 71.1 Å². The molecule has 0 bridgehead atoms. The van der Waals surface area contributed by atoms with Crippen molar-refractivity contribution in [3.63, 3.8) is 0 Å². The van der Waals surface area contributed by atoms with E-state index in [2.05, 4.69) is 63.6 Å². The Morgan fingerprint density at radius 1 is 0.368 bits per heavy atom. The smallest absolute Gasteiger partial charge is 0.407 e. The van der Waals surface area contributed by atoms with Gasteiger partial charge in [-0.3, -0.25) is 9.69 Å². The molecule has 95 heavy (non-hydrogen) atoms. The van der Waals surface area contributed by atoms with Crippen molar-refractivity contribution in [1.29, 1.82) is 0 Å². The molecule has 1 N–H and O–H groups in total. The number of hydrogen-bond donors (Lipinski definition) is 1. The number of ether oxygens (including phenoxy) is 2. The molecule has 7 nitrogen and oxygen atoms in total. The van der Waals surface area contributed by atoms with E-state index in [1.807, 2.05) is 20.8 Å². The normalized spacial score (nSPS) is 24.7. The van der Waals surface area contributed by atoms with Crippen LogP contribution in [-0.2, 0) is 35.9 Å². The van der Waals surface area contributed by atoms with Crippen molar-refractivity contribution in [1.82, 2.24) is 15.1 Å². The Hall–Kier alpha value is -10.2. The minimum Gasteiger partial charge on any atom is -0.460 e. The molecular formula is C88H37N3O4. The van der Waals surface area contributed by atoms with Gasteiger partial charge in [-0.15, -0.1) is 0 Å². The minimum atomic E-state index is -0.549. The number of amides is 1. The van der Waals surface area contributed by atoms with Crippen LogP contribution < -0.4 is 5.32 Å². The lowest BCUT2D eigenvalue weighted by atomic mass is 9.50. The minimum absolute atomic E-state index is 0.00490. The molecule has 11 aliphatic rings. The summed E-state index contributed by atoms with van der Waals surface area (Å²) in [4.78, 5) is 34.5. The maximum atomic E-state index is 14.4. The van der Waals surface area contributed by atoms with Gasteiger partial charge in [0.2, 0.25) is 0 Å². The van der Waals surface area contributed by atoms with Crippen LogP contribution in [0.5, 0.6) is 0 Å². The number of likely N-dealkylation sites (tertiary alicyclic amines) is 2. The fourth-order valence-electron chi connectivity index (χ4n) is 31.2. The monoisotopic (exact) mass is 1200 g/mol. The second kappa shape index (κ2) is 10.4. The summed E-state index contributed by atoms with van der Waals surface area (Å²) in [6.07, 6.45) is 0.0578. The molecule has 2 heterocycles. The number of nitrogens with zero attached hydrogens (tertiary/aromatic N) is 2. The highest BCUT2D eigenvalue weighted by Crippen LogP contribution is 2.88. The fourth-order valence-corrected chi connectivity index (χ4v) is 31.2. The van der Waals surface area contributed by atoms with E-state index in [-0.39, 0.29) is 39.6 Å². The van der Waals surface area contributed by atoms with Crippen LogP contribution in [0.15, 0.2) is 48.5 Å². The number of fused-ring (bicyclic) bond motifs is 3. The van der Waals surface area contributed by atoms with Crippen LogP contribution >= 0.6 is 0 Å². The number of alkyl carbamates (subject to hydrolysis) is 1. The van der Waals surface area contributed by atoms with Crippen molar-refractivity contribution in [2.24, 2.45) is 0 Å². The van der Waals surface area contributed by atoms with Crippen LogP contribution in [0.1, 0.15) is 88.7 Å². The van der Waals surface area contributed by atoms with Crippen molar-refractivity contribution in [2.45, 2.75) is 60.4 Å².